The van der Waals surface area contributed by atoms with Crippen LogP contribution in [-0.4, -0.2) is 76.8 Å². The van der Waals surface area contributed by atoms with E-state index in [1.54, 1.807) is 0 Å². The van der Waals surface area contributed by atoms with E-state index >= 15 is 0 Å². The first-order valence-electron chi connectivity index (χ1n) is 14.1. The van der Waals surface area contributed by atoms with Crippen molar-refractivity contribution in [2.45, 2.75) is 78.3 Å². The normalized spacial score (nSPS) is 25.7. The van der Waals surface area contributed by atoms with E-state index in [-0.39, 0.29) is 0 Å². The zero-order valence-electron chi connectivity index (χ0n) is 22.4. The molecule has 198 valence electrons. The molecule has 4 heterocycles. The number of hydrogen-bond donors (Lipinski definition) is 2. The molecular formula is C26H48N7OP. The molecule has 2 atom stereocenters. The second-order valence-corrected chi connectivity index (χ2v) is 14.4. The standard InChI is InChI=1S/C26H48N7OP/c1-5-32(22(2)3)23(4)20-24-14-19-31(21-24)35(29-15-8-9-16-29,30-17-10-11-18-30)34-33-26-13-7-6-12-25(26)27-28-33/h6-7,12-13,22-24,27-28,35H,5,8-11,14-21H2,1-4H3. The molecule has 35 heavy (non-hydrogen) atoms. The van der Waals surface area contributed by atoms with E-state index in [4.69, 9.17) is 4.62 Å². The number of nitrogens with zero attached hydrogens (tertiary/aromatic N) is 5. The Morgan fingerprint density at radius 1 is 0.971 bits per heavy atom. The van der Waals surface area contributed by atoms with Crippen LogP contribution in [0.4, 0.5) is 11.4 Å². The Balaban J connectivity index is 1.40. The second kappa shape index (κ2) is 11.2. The first kappa shape index (κ1) is 25.7. The molecule has 4 aliphatic rings. The zero-order valence-corrected chi connectivity index (χ0v) is 23.4. The summed E-state index contributed by atoms with van der Waals surface area (Å²) in [7, 11) is -2.57. The van der Waals surface area contributed by atoms with Gasteiger partial charge in [-0.05, 0) is 0 Å². The van der Waals surface area contributed by atoms with Crippen LogP contribution in [0.3, 0.4) is 0 Å². The van der Waals surface area contributed by atoms with Crippen LogP contribution in [0.5, 0.6) is 0 Å². The van der Waals surface area contributed by atoms with Crippen molar-refractivity contribution >= 4 is 19.3 Å². The van der Waals surface area contributed by atoms with Gasteiger partial charge >= 0.3 is 213 Å². The number of nitrogens with one attached hydrogen (secondary N) is 2. The van der Waals surface area contributed by atoms with Crippen molar-refractivity contribution in [2.24, 2.45) is 5.92 Å². The third kappa shape index (κ3) is 5.08. The van der Waals surface area contributed by atoms with Crippen molar-refractivity contribution in [1.82, 2.24) is 24.4 Å². The first-order chi connectivity index (χ1) is 17.0. The summed E-state index contributed by atoms with van der Waals surface area (Å²) in [4.78, 5) is 2.65. The molecule has 2 N–H and O–H groups in total. The van der Waals surface area contributed by atoms with E-state index in [1.165, 1.54) is 38.5 Å². The molecule has 0 aliphatic carbocycles. The first-order valence-corrected chi connectivity index (χ1v) is 15.9. The molecule has 2 unspecified atom stereocenters. The van der Waals surface area contributed by atoms with Crippen molar-refractivity contribution in [3.63, 3.8) is 0 Å². The van der Waals surface area contributed by atoms with Gasteiger partial charge < -0.3 is 0 Å². The van der Waals surface area contributed by atoms with Gasteiger partial charge in [0, 0.05) is 0 Å². The van der Waals surface area contributed by atoms with Crippen LogP contribution in [0.2, 0.25) is 0 Å². The van der Waals surface area contributed by atoms with Crippen LogP contribution in [0.25, 0.3) is 0 Å². The van der Waals surface area contributed by atoms with E-state index in [0.717, 1.165) is 63.1 Å². The van der Waals surface area contributed by atoms with E-state index in [2.05, 4.69) is 81.8 Å². The summed E-state index contributed by atoms with van der Waals surface area (Å²) in [6.07, 6.45) is 7.68. The number of anilines is 2. The number of benzene rings is 1. The predicted molar refractivity (Wildman–Crippen MR) is 148 cm³/mol. The number of hydrazine groups is 2. The fourth-order valence-corrected chi connectivity index (χ4v) is 11.7. The Bertz CT molecular complexity index is 814. The molecule has 1 aromatic carbocycles. The minimum atomic E-state index is -2.57. The quantitative estimate of drug-likeness (QED) is 0.444. The number of fused-ring (bicyclic) bond motifs is 1. The van der Waals surface area contributed by atoms with E-state index in [0.29, 0.717) is 12.1 Å². The van der Waals surface area contributed by atoms with Gasteiger partial charge in [-0.25, -0.2) is 0 Å². The van der Waals surface area contributed by atoms with Gasteiger partial charge in [0.25, 0.3) is 0 Å². The van der Waals surface area contributed by atoms with Crippen LogP contribution in [-0.2, 0) is 4.62 Å². The molecule has 5 rings (SSSR count). The third-order valence-electron chi connectivity index (χ3n) is 8.63. The van der Waals surface area contributed by atoms with Crippen molar-refractivity contribution in [3.05, 3.63) is 24.3 Å². The summed E-state index contributed by atoms with van der Waals surface area (Å²) in [5.74, 6) is 0.732. The molecule has 0 aromatic heterocycles. The number of rotatable bonds is 10. The van der Waals surface area contributed by atoms with E-state index < -0.39 is 7.94 Å². The average Bonchev–Trinajstić information content (AvgIpc) is 3.66. The molecule has 4 aliphatic heterocycles. The van der Waals surface area contributed by atoms with Gasteiger partial charge in [-0.3, -0.25) is 0 Å². The number of hydrogen-bond acceptors (Lipinski definition) is 8. The molecule has 0 spiro atoms. The minimum absolute atomic E-state index is 0.604. The summed E-state index contributed by atoms with van der Waals surface area (Å²) in [6, 6.07) is 9.66. The number of para-hydroxylation sites is 2. The molecular weight excluding hydrogens is 457 g/mol. The van der Waals surface area contributed by atoms with Gasteiger partial charge in [0.05, 0.1) is 0 Å². The molecule has 3 saturated heterocycles. The Kier molecular flexibility index (Phi) is 8.19. The maximum atomic E-state index is 7.30. The Morgan fingerprint density at radius 3 is 2.26 bits per heavy atom. The fourth-order valence-electron chi connectivity index (χ4n) is 7.01. The summed E-state index contributed by atoms with van der Waals surface area (Å²) in [5.41, 5.74) is 8.83. The van der Waals surface area contributed by atoms with Gasteiger partial charge in [0.1, 0.15) is 0 Å². The molecule has 0 radical (unpaired) electrons. The Hall–Kier alpha value is -0.990. The van der Waals surface area contributed by atoms with E-state index in [1.807, 2.05) is 5.17 Å². The Labute approximate surface area is 213 Å². The monoisotopic (exact) mass is 505 g/mol. The van der Waals surface area contributed by atoms with Crippen LogP contribution in [0.15, 0.2) is 24.3 Å². The van der Waals surface area contributed by atoms with E-state index in [9.17, 15) is 0 Å². The third-order valence-corrected chi connectivity index (χ3v) is 12.8. The van der Waals surface area contributed by atoms with Gasteiger partial charge in [0.15, 0.2) is 0 Å². The molecule has 8 nitrogen and oxygen atoms in total. The van der Waals surface area contributed by atoms with Crippen LogP contribution >= 0.6 is 7.94 Å². The van der Waals surface area contributed by atoms with Crippen molar-refractivity contribution in [2.75, 3.05) is 56.4 Å². The predicted octanol–water partition coefficient (Wildman–Crippen LogP) is 4.70. The van der Waals surface area contributed by atoms with Crippen LogP contribution < -0.4 is 16.1 Å². The summed E-state index contributed by atoms with van der Waals surface area (Å²) >= 11 is 0. The summed E-state index contributed by atoms with van der Waals surface area (Å²) in [5, 5.41) is 1.95. The molecule has 0 saturated carbocycles. The molecule has 3 fully saturated rings. The van der Waals surface area contributed by atoms with Gasteiger partial charge in [-0.1, -0.05) is 0 Å². The zero-order chi connectivity index (χ0) is 24.4. The van der Waals surface area contributed by atoms with Crippen molar-refractivity contribution < 1.29 is 4.62 Å². The average molecular weight is 506 g/mol. The Morgan fingerprint density at radius 2 is 1.63 bits per heavy atom. The van der Waals surface area contributed by atoms with Gasteiger partial charge in [-0.15, -0.1) is 0 Å². The fraction of sp³-hybridized carbons (Fsp3) is 0.769. The van der Waals surface area contributed by atoms with Crippen LogP contribution in [0.1, 0.15) is 66.2 Å². The van der Waals surface area contributed by atoms with Crippen molar-refractivity contribution in [1.29, 1.82) is 0 Å². The second-order valence-electron chi connectivity index (χ2n) is 11.2. The summed E-state index contributed by atoms with van der Waals surface area (Å²) in [6.45, 7) is 17.5. The molecule has 1 aromatic rings. The molecule has 0 amide bonds. The molecule has 0 bridgehead atoms. The SMILES string of the molecule is CCN(C(C)C)C(C)CC1CCN([PH](ON2NNc3ccccc32)(N2CCCC2)N2CCCC2)C1. The molecule has 9 heteroatoms. The van der Waals surface area contributed by atoms with Gasteiger partial charge in [0.2, 0.25) is 0 Å². The topological polar surface area (TPSA) is 49.5 Å². The van der Waals surface area contributed by atoms with Crippen molar-refractivity contribution in [3.8, 4) is 0 Å². The van der Waals surface area contributed by atoms with Crippen LogP contribution in [0, 0.1) is 5.92 Å². The van der Waals surface area contributed by atoms with Gasteiger partial charge in [-0.2, -0.15) is 0 Å². The summed E-state index contributed by atoms with van der Waals surface area (Å²) < 4.78 is 15.6. The maximum absolute atomic E-state index is 7.30.